The maximum absolute atomic E-state index is 5.91. The van der Waals surface area contributed by atoms with E-state index in [1.165, 1.54) is 38.8 Å². The van der Waals surface area contributed by atoms with Gasteiger partial charge in [-0.2, -0.15) is 0 Å². The highest BCUT2D eigenvalue weighted by molar-refractivity contribution is 6.29. The lowest BCUT2D eigenvalue weighted by atomic mass is 10.2. The second kappa shape index (κ2) is 5.33. The molecule has 1 saturated carbocycles. The zero-order valence-corrected chi connectivity index (χ0v) is 10.1. The molecule has 86 valence electrons. The lowest BCUT2D eigenvalue weighted by molar-refractivity contribution is 0.261. The van der Waals surface area contributed by atoms with Crippen LogP contribution in [0.5, 0.6) is 0 Å². The Hall–Kier alpha value is -0.0500. The Bertz CT molecular complexity index is 220. The average molecular weight is 229 g/mol. The fourth-order valence-corrected chi connectivity index (χ4v) is 2.51. The molecule has 2 nitrogen and oxygen atoms in total. The van der Waals surface area contributed by atoms with Gasteiger partial charge in [0.1, 0.15) is 0 Å². The molecule has 0 amide bonds. The molecule has 1 unspecified atom stereocenters. The highest BCUT2D eigenvalue weighted by Gasteiger charge is 2.26. The van der Waals surface area contributed by atoms with Gasteiger partial charge in [0.2, 0.25) is 0 Å². The molecule has 1 atom stereocenters. The van der Waals surface area contributed by atoms with Gasteiger partial charge in [-0.3, -0.25) is 4.90 Å². The summed E-state index contributed by atoms with van der Waals surface area (Å²) in [6.07, 6.45) is 5.45. The Balaban J connectivity index is 1.76. The Morgan fingerprint density at radius 1 is 1.33 bits per heavy atom. The van der Waals surface area contributed by atoms with Crippen molar-refractivity contribution in [3.63, 3.8) is 0 Å². The number of nitrogens with zero attached hydrogens (tertiary/aromatic N) is 1. The standard InChI is InChI=1S/C12H21ClN2/c1-10(13)7-15(8-11-4-5-11)9-12-3-2-6-14-12/h11-12,14H,1-9H2. The van der Waals surface area contributed by atoms with E-state index in [1.807, 2.05) is 0 Å². The minimum absolute atomic E-state index is 0.680. The minimum atomic E-state index is 0.680. The van der Waals surface area contributed by atoms with Crippen LogP contribution in [0.3, 0.4) is 0 Å². The van der Waals surface area contributed by atoms with Gasteiger partial charge in [-0.1, -0.05) is 18.2 Å². The largest absolute Gasteiger partial charge is 0.313 e. The molecule has 0 bridgehead atoms. The summed E-state index contributed by atoms with van der Waals surface area (Å²) in [5.74, 6) is 0.933. The second-order valence-corrected chi connectivity index (χ2v) is 5.48. The lowest BCUT2D eigenvalue weighted by Crippen LogP contribution is -2.39. The summed E-state index contributed by atoms with van der Waals surface area (Å²) < 4.78 is 0. The fourth-order valence-electron chi connectivity index (χ4n) is 2.34. The van der Waals surface area contributed by atoms with Crippen LogP contribution in [0.15, 0.2) is 11.6 Å². The molecule has 1 heterocycles. The van der Waals surface area contributed by atoms with Crippen molar-refractivity contribution >= 4 is 11.6 Å². The molecular formula is C12H21ClN2. The molecule has 1 N–H and O–H groups in total. The van der Waals surface area contributed by atoms with Crippen molar-refractivity contribution in [2.75, 3.05) is 26.2 Å². The van der Waals surface area contributed by atoms with Crippen molar-refractivity contribution in [1.29, 1.82) is 0 Å². The highest BCUT2D eigenvalue weighted by Crippen LogP contribution is 2.30. The van der Waals surface area contributed by atoms with Crippen LogP contribution in [0.1, 0.15) is 25.7 Å². The number of rotatable bonds is 6. The first-order valence-electron chi connectivity index (χ1n) is 6.03. The van der Waals surface area contributed by atoms with Crippen LogP contribution >= 0.6 is 11.6 Å². The topological polar surface area (TPSA) is 15.3 Å². The van der Waals surface area contributed by atoms with Crippen LogP contribution < -0.4 is 5.32 Å². The normalized spacial score (nSPS) is 26.1. The van der Waals surface area contributed by atoms with Gasteiger partial charge >= 0.3 is 0 Å². The third-order valence-electron chi connectivity index (χ3n) is 3.25. The van der Waals surface area contributed by atoms with Crippen LogP contribution in [0.4, 0.5) is 0 Å². The van der Waals surface area contributed by atoms with Crippen LogP contribution in [0, 0.1) is 5.92 Å². The van der Waals surface area contributed by atoms with E-state index in [1.54, 1.807) is 0 Å². The molecule has 1 aliphatic carbocycles. The van der Waals surface area contributed by atoms with Gasteiger partial charge in [0.25, 0.3) is 0 Å². The molecule has 0 aromatic carbocycles. The number of halogens is 1. The predicted octanol–water partition coefficient (Wildman–Crippen LogP) is 2.20. The molecule has 2 fully saturated rings. The van der Waals surface area contributed by atoms with Gasteiger partial charge in [0.05, 0.1) is 0 Å². The number of hydrogen-bond donors (Lipinski definition) is 1. The molecule has 0 spiro atoms. The smallest absolute Gasteiger partial charge is 0.0336 e. The van der Waals surface area contributed by atoms with Crippen molar-refractivity contribution in [3.8, 4) is 0 Å². The maximum atomic E-state index is 5.91. The molecule has 1 aliphatic heterocycles. The summed E-state index contributed by atoms with van der Waals surface area (Å²) in [6, 6.07) is 0.680. The Kier molecular flexibility index (Phi) is 4.06. The molecule has 1 saturated heterocycles. The molecule has 0 aromatic heterocycles. The SMILES string of the molecule is C=C(Cl)CN(CC1CC1)CC1CCCN1. The van der Waals surface area contributed by atoms with E-state index in [4.69, 9.17) is 11.6 Å². The van der Waals surface area contributed by atoms with Gasteiger partial charge < -0.3 is 5.32 Å². The third-order valence-corrected chi connectivity index (χ3v) is 3.37. The summed E-state index contributed by atoms with van der Waals surface area (Å²) in [7, 11) is 0. The van der Waals surface area contributed by atoms with Crippen molar-refractivity contribution in [3.05, 3.63) is 11.6 Å². The first kappa shape index (κ1) is 11.4. The zero-order chi connectivity index (χ0) is 10.7. The van der Waals surface area contributed by atoms with Gasteiger partial charge in [0.15, 0.2) is 0 Å². The Morgan fingerprint density at radius 2 is 2.13 bits per heavy atom. The summed E-state index contributed by atoms with van der Waals surface area (Å²) in [5, 5.41) is 4.31. The summed E-state index contributed by atoms with van der Waals surface area (Å²) in [4.78, 5) is 2.47. The van der Waals surface area contributed by atoms with Crippen LogP contribution in [0.25, 0.3) is 0 Å². The average Bonchev–Trinajstić information content (AvgIpc) is 2.80. The predicted molar refractivity (Wildman–Crippen MR) is 65.2 cm³/mol. The van der Waals surface area contributed by atoms with Gasteiger partial charge in [0, 0.05) is 30.7 Å². The highest BCUT2D eigenvalue weighted by atomic mass is 35.5. The van der Waals surface area contributed by atoms with E-state index < -0.39 is 0 Å². The van der Waals surface area contributed by atoms with Crippen molar-refractivity contribution in [2.45, 2.75) is 31.7 Å². The molecule has 2 rings (SSSR count). The second-order valence-electron chi connectivity index (χ2n) is 4.95. The van der Waals surface area contributed by atoms with E-state index >= 15 is 0 Å². The van der Waals surface area contributed by atoms with Crippen LogP contribution in [0.2, 0.25) is 0 Å². The van der Waals surface area contributed by atoms with Crippen molar-refractivity contribution < 1.29 is 0 Å². The first-order valence-corrected chi connectivity index (χ1v) is 6.41. The lowest BCUT2D eigenvalue weighted by Gasteiger charge is -2.25. The molecule has 3 heteroatoms. The third kappa shape index (κ3) is 4.13. The van der Waals surface area contributed by atoms with E-state index in [-0.39, 0.29) is 0 Å². The molecule has 0 aromatic rings. The zero-order valence-electron chi connectivity index (χ0n) is 9.34. The van der Waals surface area contributed by atoms with Crippen LogP contribution in [-0.4, -0.2) is 37.1 Å². The summed E-state index contributed by atoms with van der Waals surface area (Å²) >= 11 is 5.91. The Labute approximate surface area is 97.7 Å². The molecular weight excluding hydrogens is 208 g/mol. The molecule has 0 radical (unpaired) electrons. The van der Waals surface area contributed by atoms with Crippen LogP contribution in [-0.2, 0) is 0 Å². The van der Waals surface area contributed by atoms with Crippen molar-refractivity contribution in [1.82, 2.24) is 10.2 Å². The van der Waals surface area contributed by atoms with Crippen molar-refractivity contribution in [2.24, 2.45) is 5.92 Å². The van der Waals surface area contributed by atoms with E-state index in [2.05, 4.69) is 16.8 Å². The maximum Gasteiger partial charge on any atom is 0.0336 e. The monoisotopic (exact) mass is 228 g/mol. The number of hydrogen-bond acceptors (Lipinski definition) is 2. The summed E-state index contributed by atoms with van der Waals surface area (Å²) in [6.45, 7) is 8.20. The van der Waals surface area contributed by atoms with Gasteiger partial charge in [-0.15, -0.1) is 0 Å². The van der Waals surface area contributed by atoms with E-state index in [0.29, 0.717) is 6.04 Å². The quantitative estimate of drug-likeness (QED) is 0.750. The van der Waals surface area contributed by atoms with Gasteiger partial charge in [-0.25, -0.2) is 0 Å². The summed E-state index contributed by atoms with van der Waals surface area (Å²) in [5.41, 5.74) is 0. The van der Waals surface area contributed by atoms with E-state index in [0.717, 1.165) is 24.0 Å². The number of nitrogens with one attached hydrogen (secondary N) is 1. The minimum Gasteiger partial charge on any atom is -0.313 e. The fraction of sp³-hybridized carbons (Fsp3) is 0.833. The molecule has 15 heavy (non-hydrogen) atoms. The Morgan fingerprint density at radius 3 is 2.67 bits per heavy atom. The first-order chi connectivity index (χ1) is 7.24. The van der Waals surface area contributed by atoms with Gasteiger partial charge in [-0.05, 0) is 38.1 Å². The van der Waals surface area contributed by atoms with E-state index in [9.17, 15) is 0 Å². The molecule has 2 aliphatic rings.